The molecule has 0 amide bonds. The van der Waals surface area contributed by atoms with Crippen LogP contribution < -0.4 is 0 Å². The molecule has 0 bridgehead atoms. The molecule has 2 aromatic rings. The van der Waals surface area contributed by atoms with Crippen molar-refractivity contribution in [1.82, 2.24) is 0 Å². The first kappa shape index (κ1) is 31.5. The van der Waals surface area contributed by atoms with Crippen LogP contribution >= 0.6 is 23.4 Å². The third-order valence-electron chi connectivity index (χ3n) is 9.40. The molecule has 226 valence electrons. The normalized spacial score (nSPS) is 33.9. The summed E-state index contributed by atoms with van der Waals surface area (Å²) in [6.07, 6.45) is 1.56. The molecule has 9 atom stereocenters. The van der Waals surface area contributed by atoms with E-state index < -0.39 is 13.9 Å². The molecule has 3 heterocycles. The van der Waals surface area contributed by atoms with Crippen molar-refractivity contribution >= 4 is 31.7 Å². The Morgan fingerprint density at radius 1 is 1.02 bits per heavy atom. The Kier molecular flexibility index (Phi) is 9.69. The number of fused-ring (bicyclic) bond motifs is 2. The minimum Gasteiger partial charge on any atom is -0.411 e. The smallest absolute Gasteiger partial charge is 0.192 e. The Morgan fingerprint density at radius 3 is 2.34 bits per heavy atom. The molecule has 0 aromatic heterocycles. The van der Waals surface area contributed by atoms with Crippen molar-refractivity contribution in [3.8, 4) is 0 Å². The molecular formula is C33H47ClO5SSi. The van der Waals surface area contributed by atoms with Crippen LogP contribution in [0.4, 0.5) is 0 Å². The van der Waals surface area contributed by atoms with Gasteiger partial charge in [0.15, 0.2) is 14.6 Å². The van der Waals surface area contributed by atoms with Crippen molar-refractivity contribution in [2.45, 2.75) is 124 Å². The fraction of sp³-hybridized carbons (Fsp3) is 0.636. The third-order valence-corrected chi connectivity index (χ3v) is 15.8. The van der Waals surface area contributed by atoms with Gasteiger partial charge in [0, 0.05) is 23.3 Å². The van der Waals surface area contributed by atoms with Gasteiger partial charge in [-0.25, -0.2) is 0 Å². The standard InChI is InChI=1S/C33H47ClO5SSi/c1-22(30(34)40-24-16-12-9-13-17-24)18-25-27(39-41(6,7)32(2,3)4)20-33(5)29(36-25)19-26-28(38-33)21-35-31(37-26)23-14-10-8-11-15-23/h8-17,22,25-31H,18-21H2,1-7H3/t22-,25+,26+,27-,28-,29-,30?,31-,33+/m1/s1. The average Bonchev–Trinajstić information content (AvgIpc) is 2.92. The summed E-state index contributed by atoms with van der Waals surface area (Å²) in [5.74, 6) is 0.223. The predicted molar refractivity (Wildman–Crippen MR) is 169 cm³/mol. The van der Waals surface area contributed by atoms with E-state index in [9.17, 15) is 0 Å². The van der Waals surface area contributed by atoms with E-state index in [0.717, 1.165) is 24.8 Å². The zero-order chi connectivity index (χ0) is 29.4. The average molecular weight is 619 g/mol. The monoisotopic (exact) mass is 618 g/mol. The zero-order valence-electron chi connectivity index (χ0n) is 25.5. The molecule has 5 nitrogen and oxygen atoms in total. The summed E-state index contributed by atoms with van der Waals surface area (Å²) in [7, 11) is -2.07. The number of hydrogen-bond acceptors (Lipinski definition) is 6. The molecule has 8 heteroatoms. The first-order chi connectivity index (χ1) is 19.3. The van der Waals surface area contributed by atoms with Crippen molar-refractivity contribution in [1.29, 1.82) is 0 Å². The summed E-state index contributed by atoms with van der Waals surface area (Å²) in [4.78, 5) is 1.18. The minimum atomic E-state index is -2.07. The fourth-order valence-corrected chi connectivity index (χ4v) is 8.54. The molecule has 0 aliphatic carbocycles. The molecular weight excluding hydrogens is 572 g/mol. The van der Waals surface area contributed by atoms with E-state index in [1.807, 2.05) is 36.4 Å². The van der Waals surface area contributed by atoms with Crippen LogP contribution in [-0.4, -0.2) is 55.8 Å². The van der Waals surface area contributed by atoms with E-state index in [2.05, 4.69) is 72.0 Å². The van der Waals surface area contributed by atoms with Gasteiger partial charge in [0.05, 0.1) is 41.3 Å². The highest BCUT2D eigenvalue weighted by Gasteiger charge is 2.56. The van der Waals surface area contributed by atoms with Crippen LogP contribution in [0.2, 0.25) is 18.1 Å². The minimum absolute atomic E-state index is 0.0655. The maximum absolute atomic E-state index is 7.10. The second-order valence-corrected chi connectivity index (χ2v) is 20.4. The fourth-order valence-electron chi connectivity index (χ4n) is 5.87. The number of hydrogen-bond donors (Lipinski definition) is 0. The van der Waals surface area contributed by atoms with E-state index in [0.29, 0.717) is 6.61 Å². The van der Waals surface area contributed by atoms with Crippen LogP contribution in [0.5, 0.6) is 0 Å². The Balaban J connectivity index is 1.33. The molecule has 1 unspecified atom stereocenters. The van der Waals surface area contributed by atoms with Gasteiger partial charge in [-0.15, -0.1) is 23.4 Å². The van der Waals surface area contributed by atoms with Crippen LogP contribution in [0.25, 0.3) is 0 Å². The molecule has 3 aliphatic rings. The zero-order valence-corrected chi connectivity index (χ0v) is 28.1. The maximum Gasteiger partial charge on any atom is 0.192 e. The number of benzene rings is 2. The molecule has 0 spiro atoms. The highest BCUT2D eigenvalue weighted by molar-refractivity contribution is 8.01. The van der Waals surface area contributed by atoms with Crippen molar-refractivity contribution in [2.24, 2.45) is 5.92 Å². The van der Waals surface area contributed by atoms with Gasteiger partial charge in [-0.3, -0.25) is 0 Å². The number of alkyl halides is 1. The first-order valence-electron chi connectivity index (χ1n) is 15.0. The summed E-state index contributed by atoms with van der Waals surface area (Å²) < 4.78 is 33.4. The van der Waals surface area contributed by atoms with Crippen LogP contribution in [0.15, 0.2) is 65.6 Å². The van der Waals surface area contributed by atoms with E-state index >= 15 is 0 Å². The quantitative estimate of drug-likeness (QED) is 0.168. The lowest BCUT2D eigenvalue weighted by molar-refractivity contribution is -0.345. The van der Waals surface area contributed by atoms with Crippen LogP contribution in [0.3, 0.4) is 0 Å². The number of rotatable bonds is 8. The topological polar surface area (TPSA) is 46.2 Å². The molecule has 0 N–H and O–H groups in total. The third kappa shape index (κ3) is 7.26. The Hall–Kier alpha value is -0.903. The molecule has 0 saturated carbocycles. The van der Waals surface area contributed by atoms with Gasteiger partial charge in [0.25, 0.3) is 0 Å². The molecule has 3 saturated heterocycles. The van der Waals surface area contributed by atoms with Crippen LogP contribution in [-0.2, 0) is 23.4 Å². The van der Waals surface area contributed by atoms with Crippen LogP contribution in [0.1, 0.15) is 65.7 Å². The van der Waals surface area contributed by atoms with E-state index in [1.54, 1.807) is 11.8 Å². The molecule has 0 radical (unpaired) electrons. The highest BCUT2D eigenvalue weighted by Crippen LogP contribution is 2.48. The van der Waals surface area contributed by atoms with Gasteiger partial charge < -0.3 is 23.4 Å². The lowest BCUT2D eigenvalue weighted by atomic mass is 9.79. The summed E-state index contributed by atoms with van der Waals surface area (Å²) in [5, 5.41) is 0.0924. The summed E-state index contributed by atoms with van der Waals surface area (Å²) >= 11 is 8.70. The summed E-state index contributed by atoms with van der Waals surface area (Å²) in [6.45, 7) is 16.4. The molecule has 5 rings (SSSR count). The van der Waals surface area contributed by atoms with Crippen molar-refractivity contribution in [3.63, 3.8) is 0 Å². The Morgan fingerprint density at radius 2 is 1.68 bits per heavy atom. The first-order valence-corrected chi connectivity index (χ1v) is 19.3. The Labute approximate surface area is 257 Å². The maximum atomic E-state index is 7.10. The molecule has 3 fully saturated rings. The summed E-state index contributed by atoms with van der Waals surface area (Å²) in [6, 6.07) is 20.5. The summed E-state index contributed by atoms with van der Waals surface area (Å²) in [5.41, 5.74) is 0.557. The van der Waals surface area contributed by atoms with E-state index in [-0.39, 0.29) is 52.5 Å². The van der Waals surface area contributed by atoms with Crippen molar-refractivity contribution < 1.29 is 23.4 Å². The molecule has 41 heavy (non-hydrogen) atoms. The largest absolute Gasteiger partial charge is 0.411 e. The van der Waals surface area contributed by atoms with Gasteiger partial charge in [-0.05, 0) is 49.5 Å². The number of halogens is 1. The van der Waals surface area contributed by atoms with Gasteiger partial charge in [0.1, 0.15) is 6.10 Å². The highest BCUT2D eigenvalue weighted by atomic mass is 35.5. The van der Waals surface area contributed by atoms with Crippen LogP contribution in [0, 0.1) is 5.92 Å². The second kappa shape index (κ2) is 12.6. The van der Waals surface area contributed by atoms with Gasteiger partial charge >= 0.3 is 0 Å². The lowest BCUT2D eigenvalue weighted by Crippen LogP contribution is -2.65. The second-order valence-electron chi connectivity index (χ2n) is 13.7. The molecule has 2 aromatic carbocycles. The lowest BCUT2D eigenvalue weighted by Gasteiger charge is -2.56. The van der Waals surface area contributed by atoms with Crippen molar-refractivity contribution in [2.75, 3.05) is 6.61 Å². The number of thioether (sulfide) groups is 1. The van der Waals surface area contributed by atoms with E-state index in [4.69, 9.17) is 35.0 Å². The molecule has 3 aliphatic heterocycles. The SMILES string of the molecule is C[C@H](C[C@@H]1O[C@@H]2C[C@@H]3O[C@H](c4ccccc4)OC[C@H]3O[C@@]2(C)C[C@H]1O[Si](C)(C)C(C)(C)C)C(Cl)Sc1ccccc1. The van der Waals surface area contributed by atoms with Gasteiger partial charge in [0.2, 0.25) is 0 Å². The number of ether oxygens (including phenoxy) is 4. The van der Waals surface area contributed by atoms with E-state index in [1.165, 1.54) is 4.90 Å². The van der Waals surface area contributed by atoms with Gasteiger partial charge in [-0.2, -0.15) is 0 Å². The predicted octanol–water partition coefficient (Wildman–Crippen LogP) is 8.58. The van der Waals surface area contributed by atoms with Gasteiger partial charge in [-0.1, -0.05) is 76.2 Å². The van der Waals surface area contributed by atoms with Crippen molar-refractivity contribution in [3.05, 3.63) is 66.2 Å². The Bertz CT molecular complexity index is 1130.